The van der Waals surface area contributed by atoms with Crippen molar-refractivity contribution >= 4 is 17.6 Å². The number of halogens is 1. The summed E-state index contributed by atoms with van der Waals surface area (Å²) in [7, 11) is 0. The SMILES string of the molecule is CC(Cc1nnc(-c2ccccc2Cl)o1)C(=O)O. The number of benzene rings is 1. The van der Waals surface area contributed by atoms with E-state index in [9.17, 15) is 4.79 Å². The lowest BCUT2D eigenvalue weighted by atomic mass is 10.1. The molecule has 5 nitrogen and oxygen atoms in total. The third-order valence-corrected chi connectivity index (χ3v) is 2.80. The van der Waals surface area contributed by atoms with Gasteiger partial charge >= 0.3 is 5.97 Å². The van der Waals surface area contributed by atoms with E-state index in [1.165, 1.54) is 0 Å². The number of nitrogens with zero attached hydrogens (tertiary/aromatic N) is 2. The number of hydrogen-bond acceptors (Lipinski definition) is 4. The zero-order valence-corrected chi connectivity index (χ0v) is 10.4. The molecule has 18 heavy (non-hydrogen) atoms. The Morgan fingerprint density at radius 1 is 1.44 bits per heavy atom. The number of hydrogen-bond donors (Lipinski definition) is 1. The fourth-order valence-corrected chi connectivity index (χ4v) is 1.65. The van der Waals surface area contributed by atoms with Crippen molar-refractivity contribution < 1.29 is 14.3 Å². The first-order chi connectivity index (χ1) is 8.58. The maximum absolute atomic E-state index is 10.7. The molecule has 0 aliphatic heterocycles. The summed E-state index contributed by atoms with van der Waals surface area (Å²) >= 11 is 6.00. The molecule has 1 atom stereocenters. The summed E-state index contributed by atoms with van der Waals surface area (Å²) in [5, 5.41) is 17.0. The number of carboxylic acids is 1. The van der Waals surface area contributed by atoms with Crippen molar-refractivity contribution in [2.24, 2.45) is 5.92 Å². The largest absolute Gasteiger partial charge is 0.481 e. The number of carbonyl (C=O) groups is 1. The van der Waals surface area contributed by atoms with Gasteiger partial charge in [0, 0.05) is 6.42 Å². The van der Waals surface area contributed by atoms with Crippen LogP contribution in [0.15, 0.2) is 28.7 Å². The van der Waals surface area contributed by atoms with Gasteiger partial charge in [-0.05, 0) is 12.1 Å². The standard InChI is InChI=1S/C12H11ClN2O3/c1-7(12(16)17)6-10-14-15-11(18-10)8-4-2-3-5-9(8)13/h2-5,7H,6H2,1H3,(H,16,17). The first-order valence-corrected chi connectivity index (χ1v) is 5.76. The molecule has 1 unspecified atom stereocenters. The quantitative estimate of drug-likeness (QED) is 0.921. The van der Waals surface area contributed by atoms with Crippen LogP contribution in [0.25, 0.3) is 11.5 Å². The summed E-state index contributed by atoms with van der Waals surface area (Å²) in [4.78, 5) is 10.7. The molecule has 0 spiro atoms. The molecule has 0 aliphatic rings. The minimum Gasteiger partial charge on any atom is -0.481 e. The van der Waals surface area contributed by atoms with Crippen molar-refractivity contribution in [1.82, 2.24) is 10.2 Å². The normalized spacial score (nSPS) is 12.3. The summed E-state index contributed by atoms with van der Waals surface area (Å²) in [5.41, 5.74) is 0.640. The smallest absolute Gasteiger partial charge is 0.306 e. The number of aromatic nitrogens is 2. The predicted molar refractivity (Wildman–Crippen MR) is 65.2 cm³/mol. The first-order valence-electron chi connectivity index (χ1n) is 5.38. The predicted octanol–water partition coefficient (Wildman–Crippen LogP) is 2.65. The Morgan fingerprint density at radius 3 is 2.83 bits per heavy atom. The molecular weight excluding hydrogens is 256 g/mol. The lowest BCUT2D eigenvalue weighted by molar-refractivity contribution is -0.141. The summed E-state index contributed by atoms with van der Waals surface area (Å²) in [6, 6.07) is 7.10. The molecule has 0 bridgehead atoms. The highest BCUT2D eigenvalue weighted by Gasteiger charge is 2.17. The van der Waals surface area contributed by atoms with Gasteiger partial charge in [0.05, 0.1) is 16.5 Å². The van der Waals surface area contributed by atoms with Crippen molar-refractivity contribution in [2.75, 3.05) is 0 Å². The average Bonchev–Trinajstić information content (AvgIpc) is 2.77. The Balaban J connectivity index is 2.21. The molecule has 0 saturated carbocycles. The maximum atomic E-state index is 10.7. The lowest BCUT2D eigenvalue weighted by Crippen LogP contribution is -2.12. The van der Waals surface area contributed by atoms with Gasteiger partial charge in [0.25, 0.3) is 0 Å². The zero-order chi connectivity index (χ0) is 13.1. The molecule has 2 aromatic rings. The molecule has 1 aromatic heterocycles. The highest BCUT2D eigenvalue weighted by Crippen LogP contribution is 2.26. The summed E-state index contributed by atoms with van der Waals surface area (Å²) in [5.74, 6) is -0.870. The monoisotopic (exact) mass is 266 g/mol. The second kappa shape index (κ2) is 5.18. The maximum Gasteiger partial charge on any atom is 0.306 e. The van der Waals surface area contributed by atoms with Gasteiger partial charge in [-0.15, -0.1) is 10.2 Å². The van der Waals surface area contributed by atoms with Crippen LogP contribution in [0.5, 0.6) is 0 Å². The Labute approximate surface area is 108 Å². The molecule has 6 heteroatoms. The second-order valence-corrected chi connectivity index (χ2v) is 4.33. The Bertz CT molecular complexity index is 568. The Hall–Kier alpha value is -1.88. The van der Waals surface area contributed by atoms with Crippen LogP contribution in [0.1, 0.15) is 12.8 Å². The highest BCUT2D eigenvalue weighted by atomic mass is 35.5. The van der Waals surface area contributed by atoms with E-state index >= 15 is 0 Å². The minimum absolute atomic E-state index is 0.201. The Kier molecular flexibility index (Phi) is 3.62. The van der Waals surface area contributed by atoms with Crippen molar-refractivity contribution in [3.05, 3.63) is 35.2 Å². The van der Waals surface area contributed by atoms with E-state index in [2.05, 4.69) is 10.2 Å². The van der Waals surface area contributed by atoms with Gasteiger partial charge in [0.15, 0.2) is 0 Å². The van der Waals surface area contributed by atoms with Crippen LogP contribution in [0.2, 0.25) is 5.02 Å². The van der Waals surface area contributed by atoms with Gasteiger partial charge in [0.2, 0.25) is 11.8 Å². The summed E-state index contributed by atoms with van der Waals surface area (Å²) in [6.45, 7) is 1.59. The molecule has 0 fully saturated rings. The van der Waals surface area contributed by atoms with Gasteiger partial charge in [-0.2, -0.15) is 0 Å². The highest BCUT2D eigenvalue weighted by molar-refractivity contribution is 6.33. The average molecular weight is 267 g/mol. The lowest BCUT2D eigenvalue weighted by Gasteiger charge is -2.00. The van der Waals surface area contributed by atoms with Crippen LogP contribution in [0.3, 0.4) is 0 Å². The van der Waals surface area contributed by atoms with E-state index in [0.29, 0.717) is 22.4 Å². The molecule has 0 saturated heterocycles. The van der Waals surface area contributed by atoms with Crippen molar-refractivity contribution in [1.29, 1.82) is 0 Å². The molecule has 94 valence electrons. The molecular formula is C12H11ClN2O3. The minimum atomic E-state index is -0.896. The first kappa shape index (κ1) is 12.6. The van der Waals surface area contributed by atoms with Crippen LogP contribution < -0.4 is 0 Å². The van der Waals surface area contributed by atoms with Crippen molar-refractivity contribution in [3.63, 3.8) is 0 Å². The fraction of sp³-hybridized carbons (Fsp3) is 0.250. The number of rotatable bonds is 4. The molecule has 1 N–H and O–H groups in total. The van der Waals surface area contributed by atoms with Crippen molar-refractivity contribution in [2.45, 2.75) is 13.3 Å². The van der Waals surface area contributed by atoms with Crippen LogP contribution >= 0.6 is 11.6 Å². The third-order valence-electron chi connectivity index (χ3n) is 2.47. The van der Waals surface area contributed by atoms with Gasteiger partial charge in [-0.3, -0.25) is 4.79 Å². The number of carboxylic acid groups (broad SMARTS) is 1. The second-order valence-electron chi connectivity index (χ2n) is 3.92. The molecule has 1 heterocycles. The number of aliphatic carboxylic acids is 1. The van der Waals surface area contributed by atoms with Crippen LogP contribution in [-0.4, -0.2) is 21.3 Å². The van der Waals surface area contributed by atoms with E-state index in [1.54, 1.807) is 25.1 Å². The third kappa shape index (κ3) is 2.68. The van der Waals surface area contributed by atoms with E-state index < -0.39 is 11.9 Å². The topological polar surface area (TPSA) is 76.2 Å². The van der Waals surface area contributed by atoms with E-state index in [0.717, 1.165) is 0 Å². The Morgan fingerprint density at radius 2 is 2.17 bits per heavy atom. The molecule has 0 radical (unpaired) electrons. The fourth-order valence-electron chi connectivity index (χ4n) is 1.43. The van der Waals surface area contributed by atoms with Gasteiger partial charge in [-0.25, -0.2) is 0 Å². The molecule has 2 rings (SSSR count). The van der Waals surface area contributed by atoms with Crippen LogP contribution in [0.4, 0.5) is 0 Å². The van der Waals surface area contributed by atoms with E-state index in [4.69, 9.17) is 21.1 Å². The van der Waals surface area contributed by atoms with Crippen LogP contribution in [0, 0.1) is 5.92 Å². The van der Waals surface area contributed by atoms with E-state index in [-0.39, 0.29) is 6.42 Å². The van der Waals surface area contributed by atoms with Crippen molar-refractivity contribution in [3.8, 4) is 11.5 Å². The summed E-state index contributed by atoms with van der Waals surface area (Å²) in [6.07, 6.45) is 0.201. The summed E-state index contributed by atoms with van der Waals surface area (Å²) < 4.78 is 5.40. The molecule has 1 aromatic carbocycles. The van der Waals surface area contributed by atoms with E-state index in [1.807, 2.05) is 6.07 Å². The van der Waals surface area contributed by atoms with Gasteiger partial charge < -0.3 is 9.52 Å². The molecule has 0 aliphatic carbocycles. The van der Waals surface area contributed by atoms with Gasteiger partial charge in [0.1, 0.15) is 0 Å². The van der Waals surface area contributed by atoms with Gasteiger partial charge in [-0.1, -0.05) is 30.7 Å². The van der Waals surface area contributed by atoms with Crippen LogP contribution in [-0.2, 0) is 11.2 Å². The zero-order valence-electron chi connectivity index (χ0n) is 9.63. The molecule has 0 amide bonds.